The maximum atomic E-state index is 5.81. The molecule has 11 aromatic heterocycles. The molecule has 0 saturated carbocycles. The molecule has 0 saturated heterocycles. The number of fused-ring (bicyclic) bond motifs is 5. The van der Waals surface area contributed by atoms with Crippen molar-refractivity contribution in [1.82, 2.24) is 93.9 Å². The number of ether oxygens (including phenoxy) is 9. The Morgan fingerprint density at radius 1 is 0.381 bits per heavy atom. The van der Waals surface area contributed by atoms with E-state index in [-0.39, 0.29) is 6.79 Å². The number of thiazole rings is 1. The highest BCUT2D eigenvalue weighted by Gasteiger charge is 2.25. The van der Waals surface area contributed by atoms with Crippen molar-refractivity contribution in [1.29, 1.82) is 0 Å². The van der Waals surface area contributed by atoms with Crippen molar-refractivity contribution in [2.75, 3.05) is 108 Å². The summed E-state index contributed by atoms with van der Waals surface area (Å²) in [7, 11) is 19.0. The smallest absolute Gasteiger partial charge is 0.231 e. The molecule has 1 aliphatic heterocycles. The van der Waals surface area contributed by atoms with Crippen molar-refractivity contribution >= 4 is 107 Å². The number of nitrogen functional groups attached to an aromatic ring is 1. The molecule has 2 N–H and O–H groups in total. The number of aryl methyl sites for hydroxylation is 5. The van der Waals surface area contributed by atoms with Gasteiger partial charge >= 0.3 is 0 Å². The Morgan fingerprint density at radius 2 is 0.777 bits per heavy atom. The van der Waals surface area contributed by atoms with Crippen LogP contribution in [0.1, 0.15) is 36.0 Å². The molecule has 698 valence electrons. The van der Waals surface area contributed by atoms with E-state index in [9.17, 15) is 0 Å². The van der Waals surface area contributed by atoms with Gasteiger partial charge in [-0.3, -0.25) is 43.6 Å². The topological polar surface area (TPSA) is 335 Å². The zero-order valence-electron chi connectivity index (χ0n) is 78.5. The quantitative estimate of drug-likeness (QED) is 0.0467. The second-order valence-electron chi connectivity index (χ2n) is 31.7. The lowest BCUT2D eigenvalue weighted by molar-refractivity contribution is 0.171. The van der Waals surface area contributed by atoms with E-state index in [1.54, 1.807) is 130 Å². The molecule has 0 fully saturated rings. The molecular weight excluding hydrogens is 1770 g/mol. The maximum Gasteiger partial charge on any atom is 0.231 e. The minimum absolute atomic E-state index is 0.200. The summed E-state index contributed by atoms with van der Waals surface area (Å²) in [6.45, 7) is 4.76. The summed E-state index contributed by atoms with van der Waals surface area (Å²) in [5.74, 6) is 19.3. The van der Waals surface area contributed by atoms with Crippen LogP contribution in [0, 0.1) is 23.7 Å². The van der Waals surface area contributed by atoms with Crippen molar-refractivity contribution in [3.63, 3.8) is 0 Å². The third kappa shape index (κ3) is 22.7. The number of methoxy groups -OCH3 is 7. The first-order valence-electron chi connectivity index (χ1n) is 44.2. The highest BCUT2D eigenvalue weighted by Crippen LogP contribution is 2.47. The van der Waals surface area contributed by atoms with Crippen LogP contribution in [0.3, 0.4) is 0 Å². The number of hydrogen-bond acceptors (Lipinski definition) is 30. The Hall–Kier alpha value is -17.8. The standard InChI is InChI=1S/C28H25N7O2.C28H28N6O2.C26H22N6O2S.C23H23N5O3/c1-34-18-19(16-31-34)27-17-30-25-10-9-21(14-26(25)33-27)35(11-5-7-20-6-4-8-28(29)32-20)22-12-23(36-2)15-24(13-22)37-3;1-33-19-21(17-31-33)28-18-30-26-7-6-22(15-27(26)32-28)34(12-4-5-20-8-10-29-11-9-20)23-13-24(35-2)16-25(14-23)36-3;1-31-17-18(15-29-31)25-16-28-23-7-6-19(13-24(23)30-25)32(9-4-5-26-27-8-10-35-26)20-11-21(33-2)14-22(12-20)34-3;1-4-7-28(17-9-21(29-3)23-22(10-17)30-14-31-23)16-5-6-18-19(8-16)26-20(12-24-18)15-11-25-27(2)13-15/h4,6,8-10,12-18H,11H2,1-3H3,(H2,29,32);6-11,13-19H,4-5,12H2,1-3H3;6-8,10-17H,9H2,1-3H3;5-6,8-13H,4,7,14H2,1-3H3. The first-order chi connectivity index (χ1) is 67.9. The number of rotatable bonds is 27. The first kappa shape index (κ1) is 93.0. The average molecular weight is 1870 g/mol. The summed E-state index contributed by atoms with van der Waals surface area (Å²) in [6.07, 6.45) is 30.2. The number of hydrogen-bond donors (Lipinski definition) is 1. The highest BCUT2D eigenvalue weighted by molar-refractivity contribution is 7.10. The Morgan fingerprint density at radius 3 is 1.15 bits per heavy atom. The Balaban J connectivity index is 0.000000128. The van der Waals surface area contributed by atoms with E-state index in [0.717, 1.165) is 184 Å². The van der Waals surface area contributed by atoms with Crippen molar-refractivity contribution < 1.29 is 42.6 Å². The molecular formula is C105H98N24O9S. The Kier molecular flexibility index (Phi) is 29.1. The molecule has 12 heterocycles. The second-order valence-corrected chi connectivity index (χ2v) is 32.6. The molecule has 20 rings (SSSR count). The van der Waals surface area contributed by atoms with E-state index in [1.807, 2.05) is 198 Å². The average Bonchev–Trinajstić information content (AvgIpc) is 0.847. The van der Waals surface area contributed by atoms with Crippen molar-refractivity contribution in [2.24, 2.45) is 28.2 Å². The van der Waals surface area contributed by atoms with Crippen LogP contribution in [0.4, 0.5) is 51.3 Å². The van der Waals surface area contributed by atoms with Gasteiger partial charge in [0, 0.05) is 225 Å². The van der Waals surface area contributed by atoms with Crippen LogP contribution >= 0.6 is 11.3 Å². The number of aromatic nitrogens is 19. The molecule has 34 heteroatoms. The largest absolute Gasteiger partial charge is 0.497 e. The number of benzene rings is 8. The Bertz CT molecular complexity index is 7620. The summed E-state index contributed by atoms with van der Waals surface area (Å²) >= 11 is 1.51. The SMILES string of the molecule is CCCN(c1cc(OC)c2c(c1)OCO2)c1ccc2ncc(-c3cnn(C)c3)nc2c1.COc1cc(OC)cc(N(CC#Cc2cccc(N)n2)c2ccc3ncc(-c4cnn(C)c4)nc3c2)c1.COc1cc(OC)cc(N(CC#Cc2nccs2)c2ccc3ncc(-c4cnn(C)c4)nc3c2)c1.COc1cc(OC)cc(N(CCCc2ccncc2)c2ccc3ncc(-c4cnn(C)c4)nc3c2)c1. The van der Waals surface area contributed by atoms with Gasteiger partial charge in [-0.25, -0.2) is 29.9 Å². The lowest BCUT2D eigenvalue weighted by Gasteiger charge is -2.26. The molecule has 0 bridgehead atoms. The molecule has 0 unspecified atom stereocenters. The third-order valence-electron chi connectivity index (χ3n) is 22.4. The van der Waals surface area contributed by atoms with Crippen LogP contribution in [0.5, 0.6) is 51.7 Å². The van der Waals surface area contributed by atoms with Gasteiger partial charge in [0.1, 0.15) is 46.0 Å². The molecule has 0 radical (unpaired) electrons. The van der Waals surface area contributed by atoms with E-state index in [4.69, 9.17) is 68.3 Å². The summed E-state index contributed by atoms with van der Waals surface area (Å²) in [4.78, 5) is 59.1. The normalized spacial score (nSPS) is 11.1. The molecule has 8 aromatic carbocycles. The number of pyridine rings is 2. The molecule has 1 aliphatic rings. The number of anilines is 9. The van der Waals surface area contributed by atoms with Crippen LogP contribution in [0.2, 0.25) is 0 Å². The van der Waals surface area contributed by atoms with E-state index in [1.165, 1.54) is 16.9 Å². The minimum atomic E-state index is 0.200. The highest BCUT2D eigenvalue weighted by atomic mass is 32.1. The fourth-order valence-corrected chi connectivity index (χ4v) is 16.0. The molecule has 33 nitrogen and oxygen atoms in total. The van der Waals surface area contributed by atoms with Gasteiger partial charge in [-0.1, -0.05) is 24.8 Å². The fraction of sp³-hybridized carbons (Fsp3) is 0.190. The van der Waals surface area contributed by atoms with Gasteiger partial charge in [-0.2, -0.15) is 20.4 Å². The summed E-state index contributed by atoms with van der Waals surface area (Å²) < 4.78 is 56.8. The van der Waals surface area contributed by atoms with Crippen LogP contribution in [0.25, 0.3) is 89.2 Å². The van der Waals surface area contributed by atoms with E-state index >= 15 is 0 Å². The van der Waals surface area contributed by atoms with Gasteiger partial charge in [0.25, 0.3) is 0 Å². The van der Waals surface area contributed by atoms with Gasteiger partial charge in [-0.05, 0) is 134 Å². The first-order valence-corrected chi connectivity index (χ1v) is 45.1. The van der Waals surface area contributed by atoms with Crippen LogP contribution in [-0.4, -0.2) is 177 Å². The number of nitrogens with zero attached hydrogens (tertiary/aromatic N) is 23. The maximum absolute atomic E-state index is 5.81. The van der Waals surface area contributed by atoms with Crippen molar-refractivity contribution in [3.05, 3.63) is 284 Å². The van der Waals surface area contributed by atoms with E-state index in [2.05, 4.69) is 142 Å². The number of nitrogens with two attached hydrogens (primary N) is 1. The third-order valence-corrected chi connectivity index (χ3v) is 23.1. The van der Waals surface area contributed by atoms with Crippen molar-refractivity contribution in [2.45, 2.75) is 26.2 Å². The summed E-state index contributed by atoms with van der Waals surface area (Å²) in [6, 6.07) is 55.1. The molecule has 19 aromatic rings. The van der Waals surface area contributed by atoms with Gasteiger partial charge in [0.2, 0.25) is 12.5 Å². The predicted octanol–water partition coefficient (Wildman–Crippen LogP) is 18.4. The summed E-state index contributed by atoms with van der Waals surface area (Å²) in [5, 5.41) is 19.7. The molecule has 0 spiro atoms. The Labute approximate surface area is 806 Å². The van der Waals surface area contributed by atoms with E-state index < -0.39 is 0 Å². The molecule has 0 aliphatic carbocycles. The summed E-state index contributed by atoms with van der Waals surface area (Å²) in [5.41, 5.74) is 28.4. The minimum Gasteiger partial charge on any atom is -0.497 e. The van der Waals surface area contributed by atoms with Gasteiger partial charge in [0.05, 0.1) is 179 Å². The molecule has 0 atom stereocenters. The van der Waals surface area contributed by atoms with Crippen LogP contribution in [0.15, 0.2) is 268 Å². The van der Waals surface area contributed by atoms with Gasteiger partial charge < -0.3 is 68.0 Å². The lowest BCUT2D eigenvalue weighted by atomic mass is 10.1. The zero-order chi connectivity index (χ0) is 96.3. The monoisotopic (exact) mass is 1870 g/mol. The van der Waals surface area contributed by atoms with Crippen LogP contribution < -0.4 is 68.0 Å². The molecule has 139 heavy (non-hydrogen) atoms. The van der Waals surface area contributed by atoms with Gasteiger partial charge in [0.15, 0.2) is 16.5 Å². The zero-order valence-corrected chi connectivity index (χ0v) is 79.3. The van der Waals surface area contributed by atoms with Crippen molar-refractivity contribution in [3.8, 4) is 120 Å². The van der Waals surface area contributed by atoms with E-state index in [0.29, 0.717) is 64.8 Å². The fourth-order valence-electron chi connectivity index (χ4n) is 15.5. The molecule has 0 amide bonds. The second kappa shape index (κ2) is 43.5. The van der Waals surface area contributed by atoms with Gasteiger partial charge in [-0.15, -0.1) is 11.3 Å². The lowest BCUT2D eigenvalue weighted by Crippen LogP contribution is -2.19. The van der Waals surface area contributed by atoms with Crippen LogP contribution in [-0.2, 0) is 34.6 Å². The predicted molar refractivity (Wildman–Crippen MR) is 540 cm³/mol.